The van der Waals surface area contributed by atoms with E-state index in [-0.39, 0.29) is 5.91 Å². The van der Waals surface area contributed by atoms with E-state index in [4.69, 9.17) is 0 Å². The highest BCUT2D eigenvalue weighted by atomic mass is 32.2. The lowest BCUT2D eigenvalue weighted by atomic mass is 10.0. The number of thioether (sulfide) groups is 1. The highest BCUT2D eigenvalue weighted by molar-refractivity contribution is 7.99. The van der Waals surface area contributed by atoms with E-state index >= 15 is 0 Å². The van der Waals surface area contributed by atoms with Crippen molar-refractivity contribution in [3.8, 4) is 0 Å². The summed E-state index contributed by atoms with van der Waals surface area (Å²) in [5.74, 6) is 1.39. The predicted molar refractivity (Wildman–Crippen MR) is 94.8 cm³/mol. The monoisotopic (exact) mass is 326 g/mol. The maximum Gasteiger partial charge on any atom is 0.226 e. The van der Waals surface area contributed by atoms with E-state index in [0.29, 0.717) is 6.42 Å². The zero-order chi connectivity index (χ0) is 16.1. The molecule has 4 heteroatoms. The number of aromatic nitrogens is 1. The van der Waals surface area contributed by atoms with E-state index in [0.717, 1.165) is 24.9 Å². The van der Waals surface area contributed by atoms with Crippen LogP contribution in [-0.4, -0.2) is 35.1 Å². The predicted octanol–water partition coefficient (Wildman–Crippen LogP) is 3.36. The molecule has 23 heavy (non-hydrogen) atoms. The largest absolute Gasteiger partial charge is 0.345 e. The summed E-state index contributed by atoms with van der Waals surface area (Å²) in [6.45, 7) is 0.740. The average molecular weight is 326 g/mol. The van der Waals surface area contributed by atoms with Crippen molar-refractivity contribution in [2.75, 3.05) is 19.3 Å². The first kappa shape index (κ1) is 16.1. The summed E-state index contributed by atoms with van der Waals surface area (Å²) in [6, 6.07) is 10.5. The number of fused-ring (bicyclic) bond motifs is 1. The van der Waals surface area contributed by atoms with Gasteiger partial charge in [-0.2, -0.15) is 0 Å². The molecule has 0 fully saturated rings. The van der Waals surface area contributed by atoms with Gasteiger partial charge >= 0.3 is 0 Å². The van der Waals surface area contributed by atoms with Gasteiger partial charge in [0, 0.05) is 30.9 Å². The third-order valence-corrected chi connectivity index (χ3v) is 5.44. The van der Waals surface area contributed by atoms with Crippen molar-refractivity contribution in [1.82, 2.24) is 9.88 Å². The Labute approximate surface area is 142 Å². The molecule has 1 aromatic carbocycles. The smallest absolute Gasteiger partial charge is 0.226 e. The zero-order valence-corrected chi connectivity index (χ0v) is 14.3. The molecular formula is C19H22N2OS. The quantitative estimate of drug-likeness (QED) is 0.845. The summed E-state index contributed by atoms with van der Waals surface area (Å²) in [5.41, 5.74) is 3.75. The molecule has 0 atom stereocenters. The lowest BCUT2D eigenvalue weighted by Crippen LogP contribution is -2.30. The minimum Gasteiger partial charge on any atom is -0.345 e. The number of carbonyl (C=O) groups excluding carboxylic acids is 1. The number of amides is 1. The Kier molecular flexibility index (Phi) is 5.34. The highest BCUT2D eigenvalue weighted by Gasteiger charge is 2.13. The van der Waals surface area contributed by atoms with E-state index in [2.05, 4.69) is 23.2 Å². The molecule has 0 N–H and O–H groups in total. The molecule has 0 saturated carbocycles. The number of hydrogen-bond acceptors (Lipinski definition) is 3. The second-order valence-electron chi connectivity index (χ2n) is 5.99. The minimum atomic E-state index is 0.183. The Morgan fingerprint density at radius 1 is 1.22 bits per heavy atom. The topological polar surface area (TPSA) is 33.2 Å². The Morgan fingerprint density at radius 2 is 2.04 bits per heavy atom. The molecule has 3 nitrogen and oxygen atoms in total. The Morgan fingerprint density at radius 3 is 2.87 bits per heavy atom. The van der Waals surface area contributed by atoms with Crippen LogP contribution < -0.4 is 0 Å². The number of aryl methyl sites for hydroxylation is 1. The van der Waals surface area contributed by atoms with Gasteiger partial charge in [-0.25, -0.2) is 0 Å². The lowest BCUT2D eigenvalue weighted by Gasteiger charge is -2.19. The van der Waals surface area contributed by atoms with Crippen LogP contribution in [0.25, 0.3) is 0 Å². The van der Waals surface area contributed by atoms with Crippen LogP contribution in [0.15, 0.2) is 47.6 Å². The van der Waals surface area contributed by atoms with E-state index in [1.165, 1.54) is 28.2 Å². The van der Waals surface area contributed by atoms with E-state index in [9.17, 15) is 4.79 Å². The van der Waals surface area contributed by atoms with Crippen LogP contribution in [0.5, 0.6) is 0 Å². The number of pyridine rings is 1. The Bertz CT molecular complexity index is 672. The van der Waals surface area contributed by atoms with Gasteiger partial charge in [0.2, 0.25) is 5.91 Å². The molecule has 1 aliphatic rings. The van der Waals surface area contributed by atoms with Crippen LogP contribution in [0.2, 0.25) is 0 Å². The van der Waals surface area contributed by atoms with Gasteiger partial charge in [0.1, 0.15) is 0 Å². The molecule has 0 saturated heterocycles. The van der Waals surface area contributed by atoms with Crippen molar-refractivity contribution >= 4 is 17.7 Å². The summed E-state index contributed by atoms with van der Waals surface area (Å²) < 4.78 is 0. The molecule has 3 rings (SSSR count). The summed E-state index contributed by atoms with van der Waals surface area (Å²) in [7, 11) is 1.89. The van der Waals surface area contributed by atoms with Gasteiger partial charge in [0.25, 0.3) is 0 Å². The molecule has 1 aromatic heterocycles. The lowest BCUT2D eigenvalue weighted by molar-refractivity contribution is -0.129. The third kappa shape index (κ3) is 4.35. The number of carbonyl (C=O) groups is 1. The molecule has 0 bridgehead atoms. The second kappa shape index (κ2) is 7.64. The molecule has 1 aliphatic heterocycles. The minimum absolute atomic E-state index is 0.183. The van der Waals surface area contributed by atoms with Gasteiger partial charge in [-0.3, -0.25) is 9.78 Å². The maximum absolute atomic E-state index is 12.4. The third-order valence-electron chi connectivity index (χ3n) is 4.24. The van der Waals surface area contributed by atoms with Gasteiger partial charge in [-0.1, -0.05) is 12.1 Å². The van der Waals surface area contributed by atoms with Crippen molar-refractivity contribution in [1.29, 1.82) is 0 Å². The van der Waals surface area contributed by atoms with Crippen LogP contribution in [0.1, 0.15) is 23.1 Å². The first-order valence-corrected chi connectivity index (χ1v) is 9.08. The van der Waals surface area contributed by atoms with Gasteiger partial charge in [-0.15, -0.1) is 11.8 Å². The molecule has 0 spiro atoms. The molecule has 0 unspecified atom stereocenters. The molecule has 2 heterocycles. The van der Waals surface area contributed by atoms with Gasteiger partial charge in [0.05, 0.1) is 6.42 Å². The van der Waals surface area contributed by atoms with Crippen LogP contribution in [0, 0.1) is 0 Å². The van der Waals surface area contributed by atoms with E-state index < -0.39 is 0 Å². The molecule has 0 aliphatic carbocycles. The van der Waals surface area contributed by atoms with Crippen LogP contribution in [-0.2, 0) is 24.1 Å². The first-order valence-electron chi connectivity index (χ1n) is 8.10. The van der Waals surface area contributed by atoms with Crippen molar-refractivity contribution in [2.45, 2.75) is 30.6 Å². The number of likely N-dealkylation sites (N-methyl/N-ethyl adjacent to an activating group) is 1. The molecule has 1 amide bonds. The fraction of sp³-hybridized carbons (Fsp3) is 0.368. The molecule has 0 radical (unpaired) electrons. The molecule has 120 valence electrons. The Balaban J connectivity index is 1.56. The summed E-state index contributed by atoms with van der Waals surface area (Å²) >= 11 is 1.93. The van der Waals surface area contributed by atoms with Gasteiger partial charge in [0.15, 0.2) is 0 Å². The van der Waals surface area contributed by atoms with Gasteiger partial charge < -0.3 is 4.90 Å². The van der Waals surface area contributed by atoms with Crippen LogP contribution in [0.3, 0.4) is 0 Å². The average Bonchev–Trinajstić information content (AvgIpc) is 2.60. The second-order valence-corrected chi connectivity index (χ2v) is 7.13. The number of hydrogen-bond donors (Lipinski definition) is 0. The number of rotatable bonds is 5. The zero-order valence-electron chi connectivity index (χ0n) is 13.5. The van der Waals surface area contributed by atoms with E-state index in [1.807, 2.05) is 35.8 Å². The first-order chi connectivity index (χ1) is 11.2. The normalized spacial score (nSPS) is 13.4. The molecular weight excluding hydrogens is 304 g/mol. The fourth-order valence-corrected chi connectivity index (χ4v) is 3.82. The van der Waals surface area contributed by atoms with E-state index in [1.54, 1.807) is 12.4 Å². The van der Waals surface area contributed by atoms with Crippen molar-refractivity contribution in [3.05, 3.63) is 59.4 Å². The number of benzene rings is 1. The summed E-state index contributed by atoms with van der Waals surface area (Å²) in [5, 5.41) is 0. The van der Waals surface area contributed by atoms with Crippen LogP contribution in [0.4, 0.5) is 0 Å². The van der Waals surface area contributed by atoms with Gasteiger partial charge in [-0.05, 0) is 59.9 Å². The fourth-order valence-electron chi connectivity index (χ4n) is 2.80. The number of nitrogens with zero attached hydrogens (tertiary/aromatic N) is 2. The van der Waals surface area contributed by atoms with Crippen molar-refractivity contribution in [3.63, 3.8) is 0 Å². The standard InChI is InChI=1S/C19H22N2OS/c1-21(11-8-15-6-9-20-10-7-15)19(22)14-16-4-5-18-17(13-16)3-2-12-23-18/h4-7,9-10,13H,2-3,8,11-12,14H2,1H3. The summed E-state index contributed by atoms with van der Waals surface area (Å²) in [6.07, 6.45) is 7.32. The van der Waals surface area contributed by atoms with Crippen molar-refractivity contribution < 1.29 is 4.79 Å². The highest BCUT2D eigenvalue weighted by Crippen LogP contribution is 2.30. The maximum atomic E-state index is 12.4. The van der Waals surface area contributed by atoms with Crippen molar-refractivity contribution in [2.24, 2.45) is 0 Å². The molecule has 2 aromatic rings. The Hall–Kier alpha value is -1.81. The summed E-state index contributed by atoms with van der Waals surface area (Å²) in [4.78, 5) is 19.6. The SMILES string of the molecule is CN(CCc1ccncc1)C(=O)Cc1ccc2c(c1)CCCS2. The van der Waals surface area contributed by atoms with Crippen LogP contribution >= 0.6 is 11.8 Å².